The summed E-state index contributed by atoms with van der Waals surface area (Å²) in [5.74, 6) is 0.0255. The van der Waals surface area contributed by atoms with Crippen LogP contribution in [0, 0.1) is 6.92 Å². The Morgan fingerprint density at radius 1 is 1.19 bits per heavy atom. The van der Waals surface area contributed by atoms with E-state index >= 15 is 0 Å². The maximum absolute atomic E-state index is 13.3. The predicted molar refractivity (Wildman–Crippen MR) is 123 cm³/mol. The third-order valence-electron chi connectivity index (χ3n) is 6.27. The van der Waals surface area contributed by atoms with Crippen molar-refractivity contribution < 1.29 is 4.79 Å². The number of para-hydroxylation sites is 1. The summed E-state index contributed by atoms with van der Waals surface area (Å²) in [6.45, 7) is 3.16. The number of hydrogen-bond donors (Lipinski definition) is 1. The van der Waals surface area contributed by atoms with E-state index in [-0.39, 0.29) is 17.5 Å². The molecule has 158 valence electrons. The lowest BCUT2D eigenvalue weighted by Crippen LogP contribution is -2.36. The molecule has 0 spiro atoms. The van der Waals surface area contributed by atoms with Crippen LogP contribution < -0.4 is 5.56 Å². The Bertz CT molecular complexity index is 1340. The average molecular weight is 435 g/mol. The van der Waals surface area contributed by atoms with Gasteiger partial charge in [-0.1, -0.05) is 29.8 Å². The molecule has 2 aromatic carbocycles. The molecule has 1 saturated heterocycles. The molecule has 1 aliphatic rings. The van der Waals surface area contributed by atoms with Gasteiger partial charge in [0.15, 0.2) is 0 Å². The molecule has 0 saturated carbocycles. The van der Waals surface area contributed by atoms with Crippen LogP contribution in [0.3, 0.4) is 0 Å². The Morgan fingerprint density at radius 3 is 2.77 bits per heavy atom. The Labute approximate surface area is 184 Å². The lowest BCUT2D eigenvalue weighted by molar-refractivity contribution is 0.0727. The van der Waals surface area contributed by atoms with E-state index in [1.54, 1.807) is 24.3 Å². The molecular formula is C24H23ClN4O2. The maximum atomic E-state index is 13.3. The highest BCUT2D eigenvalue weighted by atomic mass is 35.5. The van der Waals surface area contributed by atoms with Crippen LogP contribution in [0.25, 0.3) is 21.8 Å². The molecule has 7 heteroatoms. The van der Waals surface area contributed by atoms with Crippen molar-refractivity contribution in [3.05, 3.63) is 75.2 Å². The van der Waals surface area contributed by atoms with Crippen LogP contribution in [0.5, 0.6) is 0 Å². The summed E-state index contributed by atoms with van der Waals surface area (Å²) in [5.41, 5.74) is 2.98. The molecule has 1 amide bonds. The van der Waals surface area contributed by atoms with Crippen LogP contribution in [-0.4, -0.2) is 38.2 Å². The molecule has 1 aliphatic heterocycles. The first-order valence-electron chi connectivity index (χ1n) is 10.6. The van der Waals surface area contributed by atoms with Crippen molar-refractivity contribution in [2.45, 2.75) is 38.8 Å². The number of carbonyl (C=O) groups is 1. The topological polar surface area (TPSA) is 71.0 Å². The fourth-order valence-corrected chi connectivity index (χ4v) is 4.83. The number of aromatic nitrogens is 3. The number of nitrogens with zero attached hydrogens (tertiary/aromatic N) is 3. The molecule has 1 unspecified atom stereocenters. The van der Waals surface area contributed by atoms with Crippen LogP contribution in [0.1, 0.15) is 35.3 Å². The highest BCUT2D eigenvalue weighted by molar-refractivity contribution is 6.30. The quantitative estimate of drug-likeness (QED) is 0.512. The zero-order valence-corrected chi connectivity index (χ0v) is 18.0. The molecular weight excluding hydrogens is 412 g/mol. The highest BCUT2D eigenvalue weighted by Gasteiger charge is 2.29. The zero-order chi connectivity index (χ0) is 21.5. The first-order valence-corrected chi connectivity index (χ1v) is 10.9. The van der Waals surface area contributed by atoms with Crippen molar-refractivity contribution in [2.75, 3.05) is 6.54 Å². The van der Waals surface area contributed by atoms with Gasteiger partial charge in [-0.25, -0.2) is 0 Å². The number of halogens is 1. The molecule has 31 heavy (non-hydrogen) atoms. The second kappa shape index (κ2) is 7.85. The molecule has 1 N–H and O–H groups in total. The molecule has 5 rings (SSSR count). The van der Waals surface area contributed by atoms with Gasteiger partial charge in [0, 0.05) is 40.8 Å². The number of aromatic amines is 1. The standard InChI is InChI=1S/C24H23ClN4O2/c1-15-21-22(27-26-15)19-6-2-3-7-20(19)29(24(21)31)14-12-18-5-4-13-28(18)23(30)16-8-10-17(25)11-9-16/h2-3,6-11,18H,4-5,12-14H2,1H3,(H,26,27). The van der Waals surface area contributed by atoms with Gasteiger partial charge in [-0.15, -0.1) is 0 Å². The molecule has 1 atom stereocenters. The molecule has 0 bridgehead atoms. The number of hydrogen-bond acceptors (Lipinski definition) is 3. The largest absolute Gasteiger partial charge is 0.336 e. The van der Waals surface area contributed by atoms with Gasteiger partial charge in [0.25, 0.3) is 11.5 Å². The van der Waals surface area contributed by atoms with Crippen molar-refractivity contribution in [1.29, 1.82) is 0 Å². The van der Waals surface area contributed by atoms with E-state index in [1.165, 1.54) is 0 Å². The summed E-state index contributed by atoms with van der Waals surface area (Å²) in [6.07, 6.45) is 2.64. The van der Waals surface area contributed by atoms with E-state index in [2.05, 4.69) is 10.2 Å². The summed E-state index contributed by atoms with van der Waals surface area (Å²) in [5, 5.41) is 9.53. The molecule has 1 fully saturated rings. The predicted octanol–water partition coefficient (Wildman–Crippen LogP) is 4.53. The van der Waals surface area contributed by atoms with Gasteiger partial charge in [0.05, 0.1) is 10.9 Å². The molecule has 3 heterocycles. The van der Waals surface area contributed by atoms with E-state index in [0.717, 1.165) is 47.9 Å². The summed E-state index contributed by atoms with van der Waals surface area (Å²) < 4.78 is 1.84. The SMILES string of the molecule is Cc1[nH]nc2c1c(=O)n(CCC1CCCN1C(=O)c1ccc(Cl)cc1)c1ccccc21. The Kier molecular flexibility index (Phi) is 5.02. The molecule has 6 nitrogen and oxygen atoms in total. The van der Waals surface area contributed by atoms with Crippen molar-refractivity contribution in [3.63, 3.8) is 0 Å². The van der Waals surface area contributed by atoms with E-state index in [4.69, 9.17) is 11.6 Å². The number of pyridine rings is 1. The van der Waals surface area contributed by atoms with Gasteiger partial charge in [0.1, 0.15) is 5.52 Å². The van der Waals surface area contributed by atoms with Gasteiger partial charge in [-0.2, -0.15) is 5.10 Å². The van der Waals surface area contributed by atoms with Crippen molar-refractivity contribution in [3.8, 4) is 0 Å². The van der Waals surface area contributed by atoms with Crippen LogP contribution in [0.4, 0.5) is 0 Å². The Morgan fingerprint density at radius 2 is 1.97 bits per heavy atom. The summed E-state index contributed by atoms with van der Waals surface area (Å²) >= 11 is 5.97. The molecule has 4 aromatic rings. The van der Waals surface area contributed by atoms with Gasteiger partial charge >= 0.3 is 0 Å². The first-order chi connectivity index (χ1) is 15.0. The fourth-order valence-electron chi connectivity index (χ4n) is 4.70. The van der Waals surface area contributed by atoms with Crippen LogP contribution in [0.2, 0.25) is 5.02 Å². The molecule has 0 radical (unpaired) electrons. The number of carbonyl (C=O) groups excluding carboxylic acids is 1. The zero-order valence-electron chi connectivity index (χ0n) is 17.3. The number of nitrogens with one attached hydrogen (secondary N) is 1. The van der Waals surface area contributed by atoms with Crippen LogP contribution in [-0.2, 0) is 6.54 Å². The third kappa shape index (κ3) is 3.41. The molecule has 0 aliphatic carbocycles. The lowest BCUT2D eigenvalue weighted by Gasteiger charge is -2.25. The minimum Gasteiger partial charge on any atom is -0.336 e. The monoisotopic (exact) mass is 434 g/mol. The minimum absolute atomic E-state index is 0.0255. The normalized spacial score (nSPS) is 16.5. The lowest BCUT2D eigenvalue weighted by atomic mass is 10.1. The van der Waals surface area contributed by atoms with Crippen molar-refractivity contribution in [2.24, 2.45) is 0 Å². The number of benzene rings is 2. The molecule has 2 aromatic heterocycles. The minimum atomic E-state index is -0.0338. The number of aryl methyl sites for hydroxylation is 2. The van der Waals surface area contributed by atoms with Crippen LogP contribution >= 0.6 is 11.6 Å². The smallest absolute Gasteiger partial charge is 0.262 e. The van der Waals surface area contributed by atoms with Gasteiger partial charge in [-0.05, 0) is 56.5 Å². The van der Waals surface area contributed by atoms with Crippen molar-refractivity contribution in [1.82, 2.24) is 19.7 Å². The van der Waals surface area contributed by atoms with Gasteiger partial charge in [0.2, 0.25) is 0 Å². The number of H-pyrrole nitrogens is 1. The number of likely N-dealkylation sites (tertiary alicyclic amines) is 1. The van der Waals surface area contributed by atoms with Gasteiger partial charge in [-0.3, -0.25) is 14.7 Å². The Hall–Kier alpha value is -3.12. The summed E-state index contributed by atoms with van der Waals surface area (Å²) in [7, 11) is 0. The first kappa shape index (κ1) is 19.8. The summed E-state index contributed by atoms with van der Waals surface area (Å²) in [6, 6.07) is 15.0. The number of amides is 1. The van der Waals surface area contributed by atoms with E-state index in [1.807, 2.05) is 40.7 Å². The average Bonchev–Trinajstić information content (AvgIpc) is 3.41. The van der Waals surface area contributed by atoms with Crippen LogP contribution in [0.15, 0.2) is 53.3 Å². The second-order valence-electron chi connectivity index (χ2n) is 8.14. The Balaban J connectivity index is 1.45. The van der Waals surface area contributed by atoms with Crippen molar-refractivity contribution >= 4 is 39.3 Å². The summed E-state index contributed by atoms with van der Waals surface area (Å²) in [4.78, 5) is 28.3. The fraction of sp³-hybridized carbons (Fsp3) is 0.292. The van der Waals surface area contributed by atoms with E-state index in [9.17, 15) is 9.59 Å². The maximum Gasteiger partial charge on any atom is 0.262 e. The van der Waals surface area contributed by atoms with E-state index in [0.29, 0.717) is 22.5 Å². The number of fused-ring (bicyclic) bond motifs is 3. The highest BCUT2D eigenvalue weighted by Crippen LogP contribution is 2.26. The third-order valence-corrected chi connectivity index (χ3v) is 6.52. The number of rotatable bonds is 4. The second-order valence-corrected chi connectivity index (χ2v) is 8.57. The van der Waals surface area contributed by atoms with E-state index < -0.39 is 0 Å². The van der Waals surface area contributed by atoms with Gasteiger partial charge < -0.3 is 9.47 Å².